The van der Waals surface area contributed by atoms with Crippen LogP contribution in [0.3, 0.4) is 0 Å². The Morgan fingerprint density at radius 2 is 2.00 bits per heavy atom. The average Bonchev–Trinajstić information content (AvgIpc) is 3.24. The van der Waals surface area contributed by atoms with E-state index in [1.165, 1.54) is 29.9 Å². The molecular formula is C20H13BrClN3O4S. The van der Waals surface area contributed by atoms with E-state index in [1.54, 1.807) is 42.5 Å². The Balaban J connectivity index is 1.76. The van der Waals surface area contributed by atoms with Gasteiger partial charge >= 0.3 is 5.97 Å². The Bertz CT molecular complexity index is 1380. The number of methoxy groups -OCH3 is 1. The molecule has 2 aromatic carbocycles. The molecule has 0 fully saturated rings. The minimum atomic E-state index is -0.463. The van der Waals surface area contributed by atoms with Gasteiger partial charge in [-0.2, -0.15) is 9.50 Å². The van der Waals surface area contributed by atoms with Crippen LogP contribution in [-0.2, 0) is 4.79 Å². The number of carbonyl (C=O) groups is 1. The molecule has 10 heteroatoms. The lowest BCUT2D eigenvalue weighted by molar-refractivity contribution is -0.132. The summed E-state index contributed by atoms with van der Waals surface area (Å²) in [7, 11) is 1.47. The Kier molecular flexibility index (Phi) is 5.59. The van der Waals surface area contributed by atoms with Gasteiger partial charge in [0.15, 0.2) is 17.3 Å². The molecule has 0 atom stereocenters. The van der Waals surface area contributed by atoms with Crippen LogP contribution in [0.25, 0.3) is 22.4 Å². The van der Waals surface area contributed by atoms with Crippen LogP contribution in [0.1, 0.15) is 12.5 Å². The number of ether oxygens (including phenoxy) is 2. The molecule has 7 nitrogen and oxygen atoms in total. The number of esters is 1. The van der Waals surface area contributed by atoms with Gasteiger partial charge in [0.25, 0.3) is 5.56 Å². The number of hydrogen-bond donors (Lipinski definition) is 0. The number of aromatic nitrogens is 3. The van der Waals surface area contributed by atoms with Gasteiger partial charge in [-0.1, -0.05) is 22.9 Å². The van der Waals surface area contributed by atoms with E-state index in [2.05, 4.69) is 26.0 Å². The highest BCUT2D eigenvalue weighted by atomic mass is 79.9. The molecule has 2 heterocycles. The highest BCUT2D eigenvalue weighted by Gasteiger charge is 2.15. The van der Waals surface area contributed by atoms with Crippen LogP contribution >= 0.6 is 38.9 Å². The van der Waals surface area contributed by atoms with Gasteiger partial charge < -0.3 is 9.47 Å². The summed E-state index contributed by atoms with van der Waals surface area (Å²) in [5.74, 6) is 0.633. The smallest absolute Gasteiger partial charge is 0.308 e. The van der Waals surface area contributed by atoms with Crippen molar-refractivity contribution in [3.8, 4) is 22.9 Å². The van der Waals surface area contributed by atoms with Gasteiger partial charge in [0.05, 0.1) is 16.1 Å². The molecule has 0 unspecified atom stereocenters. The highest BCUT2D eigenvalue weighted by Crippen LogP contribution is 2.37. The molecule has 0 aliphatic heterocycles. The number of benzene rings is 2. The van der Waals surface area contributed by atoms with Gasteiger partial charge in [-0.15, -0.1) is 5.10 Å². The lowest BCUT2D eigenvalue weighted by Gasteiger charge is -2.10. The summed E-state index contributed by atoms with van der Waals surface area (Å²) >= 11 is 10.5. The summed E-state index contributed by atoms with van der Waals surface area (Å²) in [5, 5.41) is 4.93. The normalized spacial score (nSPS) is 11.8. The van der Waals surface area contributed by atoms with E-state index in [4.69, 9.17) is 21.1 Å². The molecule has 2 aromatic heterocycles. The van der Waals surface area contributed by atoms with E-state index >= 15 is 0 Å². The van der Waals surface area contributed by atoms with Gasteiger partial charge in [0.2, 0.25) is 4.96 Å². The maximum absolute atomic E-state index is 12.8. The second-order valence-corrected chi connectivity index (χ2v) is 8.48. The number of thiazole rings is 1. The third-order valence-electron chi connectivity index (χ3n) is 4.08. The van der Waals surface area contributed by atoms with Gasteiger partial charge in [-0.05, 0) is 64.0 Å². The zero-order valence-corrected chi connectivity index (χ0v) is 18.8. The minimum Gasteiger partial charge on any atom is -0.493 e. The summed E-state index contributed by atoms with van der Waals surface area (Å²) in [6.45, 7) is 1.31. The Morgan fingerprint density at radius 1 is 1.27 bits per heavy atom. The van der Waals surface area contributed by atoms with Gasteiger partial charge in [0, 0.05) is 17.5 Å². The lowest BCUT2D eigenvalue weighted by atomic mass is 10.2. The summed E-state index contributed by atoms with van der Waals surface area (Å²) in [5.41, 5.74) is 1.19. The molecule has 4 aromatic rings. The molecule has 0 amide bonds. The predicted octanol–water partition coefficient (Wildman–Crippen LogP) is 3.72. The molecule has 0 bridgehead atoms. The SMILES string of the molecule is COc1cc(C=c2sc3nc(-c4ccc(Cl)cc4)nn3c2=O)cc(Br)c1OC(C)=O. The molecule has 0 saturated carbocycles. The molecule has 0 aliphatic carbocycles. The van der Waals surface area contributed by atoms with Crippen molar-refractivity contribution in [1.82, 2.24) is 14.6 Å². The molecule has 0 radical (unpaired) electrons. The van der Waals surface area contributed by atoms with Gasteiger partial charge in [-0.25, -0.2) is 0 Å². The van der Waals surface area contributed by atoms with Crippen LogP contribution in [0, 0.1) is 0 Å². The number of halogens is 2. The van der Waals surface area contributed by atoms with Crippen LogP contribution in [0.5, 0.6) is 11.5 Å². The van der Waals surface area contributed by atoms with E-state index in [1.807, 2.05) is 0 Å². The van der Waals surface area contributed by atoms with Crippen molar-refractivity contribution < 1.29 is 14.3 Å². The molecule has 0 spiro atoms. The maximum Gasteiger partial charge on any atom is 0.308 e. The van der Waals surface area contributed by atoms with E-state index in [0.29, 0.717) is 36.1 Å². The zero-order valence-electron chi connectivity index (χ0n) is 15.7. The average molecular weight is 507 g/mol. The monoisotopic (exact) mass is 505 g/mol. The van der Waals surface area contributed by atoms with Crippen molar-refractivity contribution >= 4 is 55.9 Å². The Hall–Kier alpha value is -2.75. The number of nitrogens with zero attached hydrogens (tertiary/aromatic N) is 3. The number of carbonyl (C=O) groups excluding carboxylic acids is 1. The fourth-order valence-corrected chi connectivity index (χ4v) is 4.35. The molecule has 0 saturated heterocycles. The standard InChI is InChI=1S/C20H13BrClN3O4S/c1-10(26)29-17-14(21)7-11(8-15(17)28-2)9-16-19(27)25-20(30-16)23-18(24-25)12-3-5-13(22)6-4-12/h3-9H,1-2H3. The predicted molar refractivity (Wildman–Crippen MR) is 118 cm³/mol. The molecule has 30 heavy (non-hydrogen) atoms. The number of rotatable bonds is 4. The Labute approximate surface area is 187 Å². The first-order valence-corrected chi connectivity index (χ1v) is 10.6. The van der Waals surface area contributed by atoms with Crippen LogP contribution in [0.15, 0.2) is 45.7 Å². The fraction of sp³-hybridized carbons (Fsp3) is 0.100. The summed E-state index contributed by atoms with van der Waals surface area (Å²) in [6, 6.07) is 10.5. The molecule has 0 N–H and O–H groups in total. The second-order valence-electron chi connectivity index (χ2n) is 6.18. The summed E-state index contributed by atoms with van der Waals surface area (Å²) in [6.07, 6.45) is 1.70. The third-order valence-corrected chi connectivity index (χ3v) is 5.88. The summed E-state index contributed by atoms with van der Waals surface area (Å²) < 4.78 is 12.8. The van der Waals surface area contributed by atoms with Gasteiger partial charge in [-0.3, -0.25) is 9.59 Å². The largest absolute Gasteiger partial charge is 0.493 e. The van der Waals surface area contributed by atoms with E-state index in [-0.39, 0.29) is 11.3 Å². The fourth-order valence-electron chi connectivity index (χ4n) is 2.77. The Morgan fingerprint density at radius 3 is 2.63 bits per heavy atom. The minimum absolute atomic E-state index is 0.276. The number of fused-ring (bicyclic) bond motifs is 1. The maximum atomic E-state index is 12.8. The zero-order chi connectivity index (χ0) is 21.4. The molecular weight excluding hydrogens is 494 g/mol. The topological polar surface area (TPSA) is 82.8 Å². The van der Waals surface area contributed by atoms with E-state index < -0.39 is 5.97 Å². The van der Waals surface area contributed by atoms with Crippen molar-refractivity contribution in [3.63, 3.8) is 0 Å². The van der Waals surface area contributed by atoms with Crippen molar-refractivity contribution in [1.29, 1.82) is 0 Å². The molecule has 0 aliphatic rings. The molecule has 152 valence electrons. The summed E-state index contributed by atoms with van der Waals surface area (Å²) in [4.78, 5) is 29.0. The van der Waals surface area contributed by atoms with Crippen LogP contribution in [-0.4, -0.2) is 27.7 Å². The number of hydrogen-bond acceptors (Lipinski definition) is 7. The van der Waals surface area contributed by atoms with Crippen molar-refractivity contribution in [3.05, 3.63) is 66.3 Å². The molecule has 4 rings (SSSR count). The van der Waals surface area contributed by atoms with Crippen molar-refractivity contribution in [2.75, 3.05) is 7.11 Å². The van der Waals surface area contributed by atoms with E-state index in [0.717, 1.165) is 5.56 Å². The first-order valence-electron chi connectivity index (χ1n) is 8.59. The third kappa shape index (κ3) is 3.96. The van der Waals surface area contributed by atoms with Crippen LogP contribution in [0.4, 0.5) is 0 Å². The lowest BCUT2D eigenvalue weighted by Crippen LogP contribution is -2.23. The highest BCUT2D eigenvalue weighted by molar-refractivity contribution is 9.10. The quantitative estimate of drug-likeness (QED) is 0.310. The first-order chi connectivity index (χ1) is 14.4. The van der Waals surface area contributed by atoms with Crippen LogP contribution < -0.4 is 19.6 Å². The van der Waals surface area contributed by atoms with Crippen molar-refractivity contribution in [2.45, 2.75) is 6.92 Å². The second kappa shape index (κ2) is 8.17. The van der Waals surface area contributed by atoms with E-state index in [9.17, 15) is 9.59 Å². The first kappa shape index (κ1) is 20.5. The van der Waals surface area contributed by atoms with Crippen LogP contribution in [0.2, 0.25) is 5.02 Å². The van der Waals surface area contributed by atoms with Crippen molar-refractivity contribution in [2.24, 2.45) is 0 Å². The van der Waals surface area contributed by atoms with Gasteiger partial charge in [0.1, 0.15) is 0 Å².